The molecule has 0 saturated heterocycles. The number of hydrogen-bond acceptors (Lipinski definition) is 8. The van der Waals surface area contributed by atoms with E-state index in [1.165, 1.54) is 0 Å². The van der Waals surface area contributed by atoms with Gasteiger partial charge in [0, 0.05) is 29.7 Å². The number of nitro benzene ring substituents is 4. The Hall–Kier alpha value is -3.96. The number of hydrogen-bond donors (Lipinski definition) is 0. The van der Waals surface area contributed by atoms with Crippen molar-refractivity contribution in [2.75, 3.05) is 0 Å². The lowest BCUT2D eigenvalue weighted by molar-refractivity contribution is -0.394. The maximum Gasteiger partial charge on any atom is 0.280 e. The molecular formula is C13H7N4O8. The van der Waals surface area contributed by atoms with Crippen LogP contribution in [0.4, 0.5) is 22.7 Å². The van der Waals surface area contributed by atoms with Gasteiger partial charge in [-0.3, -0.25) is 40.5 Å². The van der Waals surface area contributed by atoms with E-state index in [0.29, 0.717) is 0 Å². The van der Waals surface area contributed by atoms with Crippen LogP contribution in [0.1, 0.15) is 11.1 Å². The summed E-state index contributed by atoms with van der Waals surface area (Å²) >= 11 is 0. The summed E-state index contributed by atoms with van der Waals surface area (Å²) < 4.78 is 0. The van der Waals surface area contributed by atoms with E-state index in [9.17, 15) is 40.5 Å². The van der Waals surface area contributed by atoms with Crippen LogP contribution in [0.15, 0.2) is 36.4 Å². The number of benzene rings is 2. The van der Waals surface area contributed by atoms with E-state index in [-0.39, 0.29) is 11.1 Å². The fourth-order valence-electron chi connectivity index (χ4n) is 2.02. The van der Waals surface area contributed by atoms with Crippen LogP contribution in [0.25, 0.3) is 0 Å². The Morgan fingerprint density at radius 3 is 1.24 bits per heavy atom. The van der Waals surface area contributed by atoms with Gasteiger partial charge in [0.1, 0.15) is 0 Å². The van der Waals surface area contributed by atoms with Crippen LogP contribution in [0.3, 0.4) is 0 Å². The van der Waals surface area contributed by atoms with Crippen molar-refractivity contribution in [3.8, 4) is 0 Å². The minimum Gasteiger partial charge on any atom is -0.258 e. The summed E-state index contributed by atoms with van der Waals surface area (Å²) in [6.45, 7) is 0. The van der Waals surface area contributed by atoms with Crippen LogP contribution in [-0.2, 0) is 0 Å². The first kappa shape index (κ1) is 17.4. The van der Waals surface area contributed by atoms with Gasteiger partial charge in [-0.15, -0.1) is 0 Å². The Bertz CT molecular complexity index is 837. The van der Waals surface area contributed by atoms with Gasteiger partial charge < -0.3 is 0 Å². The third kappa shape index (κ3) is 3.69. The maximum absolute atomic E-state index is 11.1. The Labute approximate surface area is 137 Å². The first-order valence-electron chi connectivity index (χ1n) is 6.41. The monoisotopic (exact) mass is 347 g/mol. The van der Waals surface area contributed by atoms with Crippen molar-refractivity contribution in [2.24, 2.45) is 0 Å². The highest BCUT2D eigenvalue weighted by Gasteiger charge is 2.24. The molecule has 12 nitrogen and oxygen atoms in total. The van der Waals surface area contributed by atoms with Crippen molar-refractivity contribution in [1.29, 1.82) is 0 Å². The standard InChI is InChI=1S/C13H7N4O8/c18-14(19)10-3-1-8(12(6-10)16(22)23)5-9-2-4-11(15(20)21)7-13(9)17(24)25/h1-7H. The minimum absolute atomic E-state index is 0.118. The maximum atomic E-state index is 11.1. The van der Waals surface area contributed by atoms with E-state index in [0.717, 1.165) is 42.8 Å². The molecule has 0 fully saturated rings. The molecule has 0 aliphatic heterocycles. The zero-order chi connectivity index (χ0) is 18.7. The summed E-state index contributed by atoms with van der Waals surface area (Å²) in [5.74, 6) is 0. The van der Waals surface area contributed by atoms with Crippen molar-refractivity contribution < 1.29 is 19.7 Å². The number of non-ortho nitro benzene ring substituents is 2. The van der Waals surface area contributed by atoms with E-state index in [4.69, 9.17) is 0 Å². The van der Waals surface area contributed by atoms with Gasteiger partial charge in [-0.25, -0.2) is 0 Å². The van der Waals surface area contributed by atoms with Crippen LogP contribution in [0, 0.1) is 46.9 Å². The van der Waals surface area contributed by atoms with Gasteiger partial charge in [0.25, 0.3) is 22.7 Å². The van der Waals surface area contributed by atoms with Crippen LogP contribution >= 0.6 is 0 Å². The SMILES string of the molecule is O=[N+]([O-])c1ccc([CH]c2ccc([N+](=O)[O-])cc2[N+](=O)[O-])c([N+](=O)[O-])c1. The molecular weight excluding hydrogens is 340 g/mol. The summed E-state index contributed by atoms with van der Waals surface area (Å²) in [4.78, 5) is 40.2. The lowest BCUT2D eigenvalue weighted by Crippen LogP contribution is -2.00. The molecule has 0 saturated carbocycles. The second-order valence-electron chi connectivity index (χ2n) is 4.66. The second kappa shape index (κ2) is 6.66. The lowest BCUT2D eigenvalue weighted by Gasteiger charge is -2.04. The first-order valence-corrected chi connectivity index (χ1v) is 6.41. The number of nitro groups is 4. The molecule has 0 spiro atoms. The average molecular weight is 347 g/mol. The highest BCUT2D eigenvalue weighted by Crippen LogP contribution is 2.32. The molecule has 0 atom stereocenters. The van der Waals surface area contributed by atoms with Crippen molar-refractivity contribution in [3.05, 3.63) is 94.4 Å². The van der Waals surface area contributed by atoms with E-state index in [1.807, 2.05) is 0 Å². The summed E-state index contributed by atoms with van der Waals surface area (Å²) in [7, 11) is 0. The lowest BCUT2D eigenvalue weighted by atomic mass is 10.0. The molecule has 0 amide bonds. The normalized spacial score (nSPS) is 10.2. The van der Waals surface area contributed by atoms with Crippen LogP contribution in [-0.4, -0.2) is 19.7 Å². The van der Waals surface area contributed by atoms with Crippen molar-refractivity contribution in [2.45, 2.75) is 0 Å². The summed E-state index contributed by atoms with van der Waals surface area (Å²) in [6.07, 6.45) is 1.06. The molecule has 0 unspecified atom stereocenters. The smallest absolute Gasteiger partial charge is 0.258 e. The summed E-state index contributed by atoms with van der Waals surface area (Å²) in [5.41, 5.74) is -2.51. The highest BCUT2D eigenvalue weighted by atomic mass is 16.6. The van der Waals surface area contributed by atoms with Crippen molar-refractivity contribution >= 4 is 22.7 Å². The van der Waals surface area contributed by atoms with E-state index >= 15 is 0 Å². The Balaban J connectivity index is 2.52. The molecule has 0 aliphatic carbocycles. The Morgan fingerprint density at radius 1 is 0.600 bits per heavy atom. The molecule has 0 N–H and O–H groups in total. The minimum atomic E-state index is -0.865. The molecule has 2 aromatic carbocycles. The average Bonchev–Trinajstić information content (AvgIpc) is 2.54. The van der Waals surface area contributed by atoms with Crippen molar-refractivity contribution in [3.63, 3.8) is 0 Å². The summed E-state index contributed by atoms with van der Waals surface area (Å²) in [5, 5.41) is 43.6. The third-order valence-corrected chi connectivity index (χ3v) is 3.15. The molecule has 0 aromatic heterocycles. The molecule has 0 heterocycles. The predicted molar refractivity (Wildman–Crippen MR) is 82.0 cm³/mol. The van der Waals surface area contributed by atoms with E-state index in [2.05, 4.69) is 0 Å². The van der Waals surface area contributed by atoms with Crippen molar-refractivity contribution in [1.82, 2.24) is 0 Å². The molecule has 2 rings (SSSR count). The third-order valence-electron chi connectivity index (χ3n) is 3.15. The number of rotatable bonds is 6. The summed E-state index contributed by atoms with van der Waals surface area (Å²) in [6, 6.07) is 5.61. The van der Waals surface area contributed by atoms with Gasteiger partial charge in [-0.2, -0.15) is 0 Å². The Kier molecular flexibility index (Phi) is 4.63. The van der Waals surface area contributed by atoms with Crippen LogP contribution in [0.5, 0.6) is 0 Å². The Morgan fingerprint density at radius 2 is 0.960 bits per heavy atom. The van der Waals surface area contributed by atoms with Gasteiger partial charge in [0.2, 0.25) is 0 Å². The highest BCUT2D eigenvalue weighted by molar-refractivity contribution is 5.60. The largest absolute Gasteiger partial charge is 0.280 e. The second-order valence-corrected chi connectivity index (χ2v) is 4.66. The molecule has 0 aliphatic rings. The fourth-order valence-corrected chi connectivity index (χ4v) is 2.02. The number of nitrogens with zero attached hydrogens (tertiary/aromatic N) is 4. The zero-order valence-electron chi connectivity index (χ0n) is 12.1. The van der Waals surface area contributed by atoms with Crippen LogP contribution < -0.4 is 0 Å². The first-order chi connectivity index (χ1) is 11.7. The molecule has 0 bridgehead atoms. The van der Waals surface area contributed by atoms with Crippen LogP contribution in [0.2, 0.25) is 0 Å². The molecule has 25 heavy (non-hydrogen) atoms. The van der Waals surface area contributed by atoms with E-state index < -0.39 is 42.4 Å². The predicted octanol–water partition coefficient (Wildman–Crippen LogP) is 2.92. The molecule has 12 heteroatoms. The van der Waals surface area contributed by atoms with Gasteiger partial charge in [-0.1, -0.05) is 0 Å². The zero-order valence-corrected chi connectivity index (χ0v) is 12.1. The molecule has 127 valence electrons. The topological polar surface area (TPSA) is 173 Å². The van der Waals surface area contributed by atoms with E-state index in [1.54, 1.807) is 0 Å². The molecule has 2 aromatic rings. The fraction of sp³-hybridized carbons (Fsp3) is 0. The van der Waals surface area contributed by atoms with Gasteiger partial charge >= 0.3 is 0 Å². The van der Waals surface area contributed by atoms with Gasteiger partial charge in [0.15, 0.2) is 0 Å². The van der Waals surface area contributed by atoms with Gasteiger partial charge in [-0.05, 0) is 12.1 Å². The quantitative estimate of drug-likeness (QED) is 0.566. The van der Waals surface area contributed by atoms with Gasteiger partial charge in [0.05, 0.1) is 31.8 Å². The molecule has 1 radical (unpaired) electrons.